The number of furan rings is 1. The second-order valence-electron chi connectivity index (χ2n) is 4.26. The molecule has 1 aromatic heterocycles. The van der Waals surface area contributed by atoms with Gasteiger partial charge in [-0.15, -0.1) is 0 Å². The fraction of sp³-hybridized carbons (Fsp3) is 0.125. The van der Waals surface area contributed by atoms with E-state index in [0.29, 0.717) is 10.6 Å². The molecule has 2 aromatic rings. The zero-order valence-corrected chi connectivity index (χ0v) is 12.6. The van der Waals surface area contributed by atoms with Crippen LogP contribution >= 0.6 is 11.6 Å². The molecule has 0 atom stereocenters. The molecule has 1 amide bonds. The molecule has 114 valence electrons. The van der Waals surface area contributed by atoms with Crippen LogP contribution in [0, 0.1) is 0 Å². The first kappa shape index (κ1) is 15.9. The molecule has 0 radical (unpaired) electrons. The number of halogens is 1. The Hall–Kier alpha value is -2.53. The van der Waals surface area contributed by atoms with E-state index in [9.17, 15) is 9.59 Å². The molecular formula is C16H14ClNO4. The summed E-state index contributed by atoms with van der Waals surface area (Å²) in [6.45, 7) is 1.89. The van der Waals surface area contributed by atoms with Gasteiger partial charge in [-0.25, -0.2) is 4.79 Å². The highest BCUT2D eigenvalue weighted by atomic mass is 35.5. The van der Waals surface area contributed by atoms with Crippen molar-refractivity contribution in [1.82, 2.24) is 5.32 Å². The molecule has 0 bridgehead atoms. The molecule has 2 rings (SSSR count). The Morgan fingerprint density at radius 1 is 1.27 bits per heavy atom. The smallest absolute Gasteiger partial charge is 0.354 e. The normalized spacial score (nSPS) is 11.1. The summed E-state index contributed by atoms with van der Waals surface area (Å²) in [5.74, 6) is -1.05. The predicted molar refractivity (Wildman–Crippen MR) is 82.2 cm³/mol. The van der Waals surface area contributed by atoms with E-state index < -0.39 is 11.9 Å². The van der Waals surface area contributed by atoms with Crippen molar-refractivity contribution < 1.29 is 18.7 Å². The fourth-order valence-electron chi connectivity index (χ4n) is 1.67. The zero-order valence-electron chi connectivity index (χ0n) is 11.8. The Balaban J connectivity index is 2.24. The van der Waals surface area contributed by atoms with Crippen molar-refractivity contribution in [2.24, 2.45) is 0 Å². The van der Waals surface area contributed by atoms with E-state index in [-0.39, 0.29) is 18.1 Å². The van der Waals surface area contributed by atoms with E-state index in [2.05, 4.69) is 5.32 Å². The van der Waals surface area contributed by atoms with Gasteiger partial charge in [0.15, 0.2) is 5.76 Å². The van der Waals surface area contributed by atoms with Crippen LogP contribution in [0.4, 0.5) is 0 Å². The first-order valence-corrected chi connectivity index (χ1v) is 6.97. The van der Waals surface area contributed by atoms with Crippen LogP contribution in [0.1, 0.15) is 23.0 Å². The lowest BCUT2D eigenvalue weighted by Crippen LogP contribution is -2.28. The van der Waals surface area contributed by atoms with Gasteiger partial charge in [0.1, 0.15) is 5.70 Å². The van der Waals surface area contributed by atoms with Gasteiger partial charge in [0.25, 0.3) is 5.91 Å². The number of ether oxygens (including phenoxy) is 1. The van der Waals surface area contributed by atoms with Gasteiger partial charge in [-0.05, 0) is 42.8 Å². The van der Waals surface area contributed by atoms with Crippen molar-refractivity contribution >= 4 is 29.6 Å². The Bertz CT molecular complexity index is 675. The first-order valence-electron chi connectivity index (χ1n) is 6.59. The van der Waals surface area contributed by atoms with E-state index in [1.54, 1.807) is 37.3 Å². The summed E-state index contributed by atoms with van der Waals surface area (Å²) in [4.78, 5) is 24.0. The molecule has 1 N–H and O–H groups in total. The number of esters is 1. The monoisotopic (exact) mass is 319 g/mol. The van der Waals surface area contributed by atoms with Gasteiger partial charge in [-0.3, -0.25) is 4.79 Å². The SMILES string of the molecule is CCOC(=O)/C(=C/c1ccc(Cl)cc1)NC(=O)c1ccco1. The molecule has 0 aliphatic rings. The summed E-state index contributed by atoms with van der Waals surface area (Å²) in [5.41, 5.74) is 0.720. The summed E-state index contributed by atoms with van der Waals surface area (Å²) in [5, 5.41) is 3.07. The highest BCUT2D eigenvalue weighted by Gasteiger charge is 2.17. The quantitative estimate of drug-likeness (QED) is 0.678. The third-order valence-electron chi connectivity index (χ3n) is 2.67. The standard InChI is InChI=1S/C16H14ClNO4/c1-2-21-16(20)13(10-11-5-7-12(17)8-6-11)18-15(19)14-4-3-9-22-14/h3-10H,2H2,1H3,(H,18,19)/b13-10-. The average molecular weight is 320 g/mol. The number of carbonyl (C=O) groups is 2. The third-order valence-corrected chi connectivity index (χ3v) is 2.92. The minimum absolute atomic E-state index is 0.0190. The molecule has 6 heteroatoms. The Labute approximate surface area is 132 Å². The molecule has 5 nitrogen and oxygen atoms in total. The van der Waals surface area contributed by atoms with Crippen molar-refractivity contribution in [3.05, 3.63) is 64.7 Å². The topological polar surface area (TPSA) is 68.5 Å². The molecule has 0 saturated carbocycles. The maximum absolute atomic E-state index is 12.0. The minimum atomic E-state index is -0.627. The molecule has 0 fully saturated rings. The number of amides is 1. The summed E-state index contributed by atoms with van der Waals surface area (Å²) in [6, 6.07) is 9.90. The van der Waals surface area contributed by atoms with Crippen molar-refractivity contribution in [3.8, 4) is 0 Å². The van der Waals surface area contributed by atoms with Crippen molar-refractivity contribution in [1.29, 1.82) is 0 Å². The molecule has 1 heterocycles. The Kier molecular flexibility index (Phi) is 5.38. The number of carbonyl (C=O) groups excluding carboxylic acids is 2. The van der Waals surface area contributed by atoms with Crippen LogP contribution < -0.4 is 5.32 Å². The molecule has 22 heavy (non-hydrogen) atoms. The third kappa shape index (κ3) is 4.23. The molecular weight excluding hydrogens is 306 g/mol. The number of hydrogen-bond donors (Lipinski definition) is 1. The summed E-state index contributed by atoms with van der Waals surface area (Å²) in [7, 11) is 0. The molecule has 1 aromatic carbocycles. The number of rotatable bonds is 5. The van der Waals surface area contributed by atoms with Crippen LogP contribution in [0.25, 0.3) is 6.08 Å². The number of benzene rings is 1. The Morgan fingerprint density at radius 3 is 2.59 bits per heavy atom. The van der Waals surface area contributed by atoms with Gasteiger partial charge < -0.3 is 14.5 Å². The minimum Gasteiger partial charge on any atom is -0.461 e. The zero-order chi connectivity index (χ0) is 15.9. The lowest BCUT2D eigenvalue weighted by molar-refractivity contribution is -0.138. The molecule has 0 spiro atoms. The van der Waals surface area contributed by atoms with E-state index in [1.807, 2.05) is 0 Å². The summed E-state index contributed by atoms with van der Waals surface area (Å²) >= 11 is 5.82. The van der Waals surface area contributed by atoms with E-state index in [0.717, 1.165) is 0 Å². The second-order valence-corrected chi connectivity index (χ2v) is 4.70. The van der Waals surface area contributed by atoms with Crippen LogP contribution in [0.3, 0.4) is 0 Å². The largest absolute Gasteiger partial charge is 0.461 e. The van der Waals surface area contributed by atoms with Gasteiger partial charge in [0, 0.05) is 5.02 Å². The molecule has 0 aliphatic heterocycles. The molecule has 0 aliphatic carbocycles. The van der Waals surface area contributed by atoms with Crippen molar-refractivity contribution in [3.63, 3.8) is 0 Å². The maximum Gasteiger partial charge on any atom is 0.354 e. The number of hydrogen-bond acceptors (Lipinski definition) is 4. The van der Waals surface area contributed by atoms with Gasteiger partial charge in [-0.1, -0.05) is 23.7 Å². The second kappa shape index (κ2) is 7.47. The first-order chi connectivity index (χ1) is 10.6. The van der Waals surface area contributed by atoms with Crippen LogP contribution in [-0.2, 0) is 9.53 Å². The highest BCUT2D eigenvalue weighted by Crippen LogP contribution is 2.13. The maximum atomic E-state index is 12.0. The predicted octanol–water partition coefficient (Wildman–Crippen LogP) is 3.27. The lowest BCUT2D eigenvalue weighted by atomic mass is 10.2. The summed E-state index contributed by atoms with van der Waals surface area (Å²) in [6.07, 6.45) is 2.89. The van der Waals surface area contributed by atoms with Gasteiger partial charge in [-0.2, -0.15) is 0 Å². The number of nitrogens with one attached hydrogen (secondary N) is 1. The summed E-state index contributed by atoms with van der Waals surface area (Å²) < 4.78 is 9.93. The van der Waals surface area contributed by atoms with Gasteiger partial charge >= 0.3 is 5.97 Å². The van der Waals surface area contributed by atoms with Crippen LogP contribution in [0.2, 0.25) is 5.02 Å². The van der Waals surface area contributed by atoms with Crippen LogP contribution in [0.15, 0.2) is 52.8 Å². The van der Waals surface area contributed by atoms with Crippen LogP contribution in [0.5, 0.6) is 0 Å². The van der Waals surface area contributed by atoms with E-state index >= 15 is 0 Å². The van der Waals surface area contributed by atoms with Crippen molar-refractivity contribution in [2.45, 2.75) is 6.92 Å². The molecule has 0 saturated heterocycles. The molecule has 0 unspecified atom stereocenters. The Morgan fingerprint density at radius 2 is 2.00 bits per heavy atom. The van der Waals surface area contributed by atoms with Crippen LogP contribution in [-0.4, -0.2) is 18.5 Å². The fourth-order valence-corrected chi connectivity index (χ4v) is 1.80. The van der Waals surface area contributed by atoms with Gasteiger partial charge in [0.05, 0.1) is 12.9 Å². The van der Waals surface area contributed by atoms with Crippen molar-refractivity contribution in [2.75, 3.05) is 6.61 Å². The lowest BCUT2D eigenvalue weighted by Gasteiger charge is -2.08. The van der Waals surface area contributed by atoms with E-state index in [1.165, 1.54) is 18.4 Å². The highest BCUT2D eigenvalue weighted by molar-refractivity contribution is 6.30. The van der Waals surface area contributed by atoms with Gasteiger partial charge in [0.2, 0.25) is 0 Å². The van der Waals surface area contributed by atoms with E-state index in [4.69, 9.17) is 20.8 Å². The average Bonchev–Trinajstić information content (AvgIpc) is 3.03.